The molecule has 2 nitrogen and oxygen atoms in total. The van der Waals surface area contributed by atoms with E-state index in [-0.39, 0.29) is 6.04 Å². The Hall–Kier alpha value is -1.00. The Kier molecular flexibility index (Phi) is 4.30. The highest BCUT2D eigenvalue weighted by Gasteiger charge is 2.26. The molecule has 1 aromatic carbocycles. The van der Waals surface area contributed by atoms with Gasteiger partial charge in [0, 0.05) is 24.7 Å². The Morgan fingerprint density at radius 3 is 2.50 bits per heavy atom. The molecule has 0 radical (unpaired) electrons. The molecule has 1 aliphatic heterocycles. The molecule has 0 aliphatic carbocycles. The summed E-state index contributed by atoms with van der Waals surface area (Å²) in [7, 11) is 0. The van der Waals surface area contributed by atoms with Crippen molar-refractivity contribution in [2.45, 2.75) is 32.4 Å². The van der Waals surface area contributed by atoms with Gasteiger partial charge < -0.3 is 5.32 Å². The summed E-state index contributed by atoms with van der Waals surface area (Å²) in [5.74, 6) is -1.00. The van der Waals surface area contributed by atoms with E-state index in [1.54, 1.807) is 0 Å². The highest BCUT2D eigenvalue weighted by Crippen LogP contribution is 2.25. The number of hydrogen-bond donors (Lipinski definition) is 1. The van der Waals surface area contributed by atoms with Crippen LogP contribution >= 0.6 is 0 Å². The van der Waals surface area contributed by atoms with Crippen LogP contribution in [0.2, 0.25) is 0 Å². The molecule has 0 saturated carbocycles. The first-order chi connectivity index (χ1) is 8.61. The van der Waals surface area contributed by atoms with E-state index >= 15 is 0 Å². The van der Waals surface area contributed by atoms with Crippen molar-refractivity contribution in [1.82, 2.24) is 10.2 Å². The molecule has 0 amide bonds. The van der Waals surface area contributed by atoms with Crippen LogP contribution in [0.15, 0.2) is 18.2 Å². The van der Waals surface area contributed by atoms with E-state index in [2.05, 4.69) is 17.1 Å². The summed E-state index contributed by atoms with van der Waals surface area (Å²) >= 11 is 0. The first kappa shape index (κ1) is 13.4. The van der Waals surface area contributed by atoms with Crippen LogP contribution in [0.5, 0.6) is 0 Å². The molecular formula is C14H20F2N2. The van der Waals surface area contributed by atoms with Gasteiger partial charge >= 0.3 is 0 Å². The summed E-state index contributed by atoms with van der Waals surface area (Å²) in [6.45, 7) is 6.95. The molecule has 2 atom stereocenters. The summed E-state index contributed by atoms with van der Waals surface area (Å²) in [6.07, 6.45) is 1.09. The highest BCUT2D eigenvalue weighted by molar-refractivity contribution is 5.21. The highest BCUT2D eigenvalue weighted by atomic mass is 19.1. The molecule has 1 saturated heterocycles. The lowest BCUT2D eigenvalue weighted by atomic mass is 10.0. The predicted molar refractivity (Wildman–Crippen MR) is 68.4 cm³/mol. The van der Waals surface area contributed by atoms with Gasteiger partial charge in [-0.05, 0) is 44.1 Å². The molecule has 4 heteroatoms. The lowest BCUT2D eigenvalue weighted by Gasteiger charge is -2.33. The second-order valence-corrected chi connectivity index (χ2v) is 4.86. The summed E-state index contributed by atoms with van der Waals surface area (Å²) in [5, 5.41) is 3.33. The third kappa shape index (κ3) is 2.87. The molecule has 1 heterocycles. The van der Waals surface area contributed by atoms with Crippen LogP contribution in [0.25, 0.3) is 0 Å². The van der Waals surface area contributed by atoms with E-state index in [9.17, 15) is 8.78 Å². The van der Waals surface area contributed by atoms with E-state index in [4.69, 9.17) is 0 Å². The van der Waals surface area contributed by atoms with Gasteiger partial charge in [0.1, 0.15) is 11.6 Å². The Morgan fingerprint density at radius 1 is 1.33 bits per heavy atom. The number of nitrogens with one attached hydrogen (secondary N) is 1. The second kappa shape index (κ2) is 5.76. The van der Waals surface area contributed by atoms with Gasteiger partial charge in [-0.2, -0.15) is 0 Å². The van der Waals surface area contributed by atoms with Gasteiger partial charge in [-0.15, -0.1) is 0 Å². The molecule has 1 fully saturated rings. The zero-order chi connectivity index (χ0) is 13.1. The van der Waals surface area contributed by atoms with Crippen LogP contribution in [0, 0.1) is 11.6 Å². The fraction of sp³-hybridized carbons (Fsp3) is 0.571. The van der Waals surface area contributed by atoms with Crippen LogP contribution in [0.1, 0.15) is 31.9 Å². The normalized spacial score (nSPS) is 21.5. The summed E-state index contributed by atoms with van der Waals surface area (Å²) in [6, 6.07) is 4.27. The summed E-state index contributed by atoms with van der Waals surface area (Å²) in [4.78, 5) is 2.30. The van der Waals surface area contributed by atoms with E-state index in [1.807, 2.05) is 6.92 Å². The number of likely N-dealkylation sites (N-methyl/N-ethyl adjacent to an activating group) is 1. The first-order valence-corrected chi connectivity index (χ1v) is 6.54. The average molecular weight is 254 g/mol. The van der Waals surface area contributed by atoms with Crippen molar-refractivity contribution in [1.29, 1.82) is 0 Å². The molecule has 1 N–H and O–H groups in total. The van der Waals surface area contributed by atoms with Crippen molar-refractivity contribution >= 4 is 0 Å². The third-order valence-electron chi connectivity index (χ3n) is 3.73. The topological polar surface area (TPSA) is 15.3 Å². The first-order valence-electron chi connectivity index (χ1n) is 6.54. The van der Waals surface area contributed by atoms with Crippen LogP contribution in [-0.2, 0) is 0 Å². The number of benzene rings is 1. The summed E-state index contributed by atoms with van der Waals surface area (Å²) in [5.41, 5.74) is 0.709. The Morgan fingerprint density at radius 2 is 2.00 bits per heavy atom. The fourth-order valence-electron chi connectivity index (χ4n) is 2.78. The number of rotatable bonds is 4. The van der Waals surface area contributed by atoms with Crippen molar-refractivity contribution < 1.29 is 8.78 Å². The average Bonchev–Trinajstić information content (AvgIpc) is 2.82. The Labute approximate surface area is 107 Å². The van der Waals surface area contributed by atoms with Crippen molar-refractivity contribution in [2.75, 3.05) is 19.6 Å². The molecule has 2 unspecified atom stereocenters. The molecule has 1 aromatic rings. The Bertz CT molecular complexity index is 383. The van der Waals surface area contributed by atoms with Crippen LogP contribution in [0.3, 0.4) is 0 Å². The minimum Gasteiger partial charge on any atom is -0.315 e. The maximum Gasteiger partial charge on any atom is 0.126 e. The molecule has 0 bridgehead atoms. The van der Waals surface area contributed by atoms with E-state index < -0.39 is 11.6 Å². The van der Waals surface area contributed by atoms with Crippen molar-refractivity contribution in [3.05, 3.63) is 35.4 Å². The monoisotopic (exact) mass is 254 g/mol. The lowest BCUT2D eigenvalue weighted by Crippen LogP contribution is -2.38. The molecule has 0 aromatic heterocycles. The molecular weight excluding hydrogens is 234 g/mol. The van der Waals surface area contributed by atoms with Crippen molar-refractivity contribution in [3.63, 3.8) is 0 Å². The van der Waals surface area contributed by atoms with Gasteiger partial charge in [-0.25, -0.2) is 8.78 Å². The quantitative estimate of drug-likeness (QED) is 0.888. The number of halogens is 2. The predicted octanol–water partition coefficient (Wildman–Crippen LogP) is 2.71. The van der Waals surface area contributed by atoms with Crippen LogP contribution in [-0.4, -0.2) is 30.6 Å². The number of nitrogens with zero attached hydrogens (tertiary/aromatic N) is 1. The zero-order valence-corrected chi connectivity index (χ0v) is 10.9. The maximum atomic E-state index is 13.3. The lowest BCUT2D eigenvalue weighted by molar-refractivity contribution is 0.162. The zero-order valence-electron chi connectivity index (χ0n) is 10.9. The van der Waals surface area contributed by atoms with Crippen molar-refractivity contribution in [3.8, 4) is 0 Å². The molecule has 100 valence electrons. The van der Waals surface area contributed by atoms with E-state index in [1.165, 1.54) is 12.1 Å². The minimum atomic E-state index is -0.502. The largest absolute Gasteiger partial charge is 0.315 e. The molecule has 1 aliphatic rings. The van der Waals surface area contributed by atoms with Gasteiger partial charge in [0.05, 0.1) is 0 Å². The fourth-order valence-corrected chi connectivity index (χ4v) is 2.78. The molecule has 18 heavy (non-hydrogen) atoms. The van der Waals surface area contributed by atoms with Crippen molar-refractivity contribution in [2.24, 2.45) is 0 Å². The van der Waals surface area contributed by atoms with Crippen LogP contribution < -0.4 is 5.32 Å². The SMILES string of the molecule is CCN(C1CCNC1)C(C)c1cc(F)cc(F)c1. The van der Waals surface area contributed by atoms with Gasteiger partial charge in [0.15, 0.2) is 0 Å². The molecule has 0 spiro atoms. The maximum absolute atomic E-state index is 13.3. The second-order valence-electron chi connectivity index (χ2n) is 4.86. The van der Waals surface area contributed by atoms with Gasteiger partial charge in [0.2, 0.25) is 0 Å². The Balaban J connectivity index is 2.19. The van der Waals surface area contributed by atoms with Gasteiger partial charge in [-0.1, -0.05) is 6.92 Å². The van der Waals surface area contributed by atoms with Crippen LogP contribution in [0.4, 0.5) is 8.78 Å². The minimum absolute atomic E-state index is 0.0325. The number of hydrogen-bond acceptors (Lipinski definition) is 2. The van der Waals surface area contributed by atoms with E-state index in [0.29, 0.717) is 11.6 Å². The van der Waals surface area contributed by atoms with Gasteiger partial charge in [0.25, 0.3) is 0 Å². The summed E-state index contributed by atoms with van der Waals surface area (Å²) < 4.78 is 26.5. The van der Waals surface area contributed by atoms with Gasteiger partial charge in [-0.3, -0.25) is 4.90 Å². The third-order valence-corrected chi connectivity index (χ3v) is 3.73. The standard InChI is InChI=1S/C14H20F2N2/c1-3-18(14-4-5-17-9-14)10(2)11-6-12(15)8-13(16)7-11/h6-8,10,14,17H,3-5,9H2,1-2H3. The molecule has 2 rings (SSSR count). The van der Waals surface area contributed by atoms with E-state index in [0.717, 1.165) is 32.1 Å². The smallest absolute Gasteiger partial charge is 0.126 e.